The number of para-hydroxylation sites is 2. The van der Waals surface area contributed by atoms with Crippen molar-refractivity contribution in [1.29, 1.82) is 0 Å². The molecule has 0 radical (unpaired) electrons. The number of hydrogen-bond donors (Lipinski definition) is 1. The van der Waals surface area contributed by atoms with Crippen LogP contribution in [0, 0.1) is 0 Å². The van der Waals surface area contributed by atoms with Gasteiger partial charge in [0.05, 0.1) is 11.0 Å². The molecular formula is C17H27N3. The topological polar surface area (TPSA) is 29.9 Å². The normalized spacial score (nSPS) is 12.9. The first-order valence-corrected chi connectivity index (χ1v) is 7.87. The van der Waals surface area contributed by atoms with Crippen LogP contribution in [-0.4, -0.2) is 22.6 Å². The van der Waals surface area contributed by atoms with Crippen LogP contribution in [-0.2, 0) is 13.0 Å². The maximum absolute atomic E-state index is 4.78. The van der Waals surface area contributed by atoms with Crippen molar-refractivity contribution in [3.63, 3.8) is 0 Å². The molecule has 0 saturated carbocycles. The number of benzene rings is 1. The van der Waals surface area contributed by atoms with Crippen molar-refractivity contribution < 1.29 is 0 Å². The average molecular weight is 273 g/mol. The third kappa shape index (κ3) is 3.60. The summed E-state index contributed by atoms with van der Waals surface area (Å²) in [6.45, 7) is 5.56. The van der Waals surface area contributed by atoms with Crippen molar-refractivity contribution >= 4 is 11.0 Å². The van der Waals surface area contributed by atoms with Crippen molar-refractivity contribution in [1.82, 2.24) is 14.9 Å². The Labute approximate surface area is 122 Å². The van der Waals surface area contributed by atoms with Crippen molar-refractivity contribution in [2.45, 2.75) is 58.5 Å². The molecule has 0 fully saturated rings. The molecule has 2 aromatic rings. The van der Waals surface area contributed by atoms with E-state index in [-0.39, 0.29) is 0 Å². The number of hydrogen-bond acceptors (Lipinski definition) is 2. The highest BCUT2D eigenvalue weighted by Crippen LogP contribution is 2.18. The summed E-state index contributed by atoms with van der Waals surface area (Å²) in [4.78, 5) is 4.78. The van der Waals surface area contributed by atoms with Gasteiger partial charge in [-0.05, 0) is 45.4 Å². The fraction of sp³-hybridized carbons (Fsp3) is 0.588. The number of aromatic nitrogens is 2. The third-order valence-corrected chi connectivity index (χ3v) is 3.97. The lowest BCUT2D eigenvalue weighted by atomic mass is 10.1. The first kappa shape index (κ1) is 15.0. The number of unbranched alkanes of at least 4 members (excludes halogenated alkanes) is 1. The molecule has 2 rings (SSSR count). The predicted octanol–water partition coefficient (Wildman–Crippen LogP) is 3.77. The lowest BCUT2D eigenvalue weighted by Gasteiger charge is -2.11. The van der Waals surface area contributed by atoms with E-state index in [2.05, 4.69) is 48.0 Å². The number of imidazole rings is 1. The molecule has 0 bridgehead atoms. The van der Waals surface area contributed by atoms with Crippen LogP contribution in [0.3, 0.4) is 0 Å². The van der Waals surface area contributed by atoms with Gasteiger partial charge in [-0.2, -0.15) is 0 Å². The van der Waals surface area contributed by atoms with Crippen LogP contribution in [0.25, 0.3) is 11.0 Å². The Morgan fingerprint density at radius 1 is 1.25 bits per heavy atom. The monoisotopic (exact) mass is 273 g/mol. The van der Waals surface area contributed by atoms with Gasteiger partial charge in [-0.1, -0.05) is 25.5 Å². The summed E-state index contributed by atoms with van der Waals surface area (Å²) in [5.41, 5.74) is 2.43. The number of rotatable bonds is 8. The Morgan fingerprint density at radius 3 is 2.80 bits per heavy atom. The zero-order valence-electron chi connectivity index (χ0n) is 13.0. The average Bonchev–Trinajstić information content (AvgIpc) is 2.81. The van der Waals surface area contributed by atoms with Gasteiger partial charge in [-0.3, -0.25) is 0 Å². The summed E-state index contributed by atoms with van der Waals surface area (Å²) in [7, 11) is 2.04. The third-order valence-electron chi connectivity index (χ3n) is 3.97. The molecule has 1 heterocycles. The maximum Gasteiger partial charge on any atom is 0.109 e. The number of aryl methyl sites for hydroxylation is 2. The van der Waals surface area contributed by atoms with Crippen LogP contribution < -0.4 is 5.32 Å². The van der Waals surface area contributed by atoms with E-state index in [0.717, 1.165) is 24.9 Å². The predicted molar refractivity (Wildman–Crippen MR) is 86.1 cm³/mol. The lowest BCUT2D eigenvalue weighted by Crippen LogP contribution is -2.20. The van der Waals surface area contributed by atoms with Gasteiger partial charge in [-0.15, -0.1) is 0 Å². The second-order valence-electron chi connectivity index (χ2n) is 5.60. The van der Waals surface area contributed by atoms with Crippen LogP contribution in [0.5, 0.6) is 0 Å². The fourth-order valence-electron chi connectivity index (χ4n) is 2.65. The summed E-state index contributed by atoms with van der Waals surface area (Å²) in [5, 5.41) is 3.30. The van der Waals surface area contributed by atoms with Crippen LogP contribution >= 0.6 is 0 Å². The highest BCUT2D eigenvalue weighted by atomic mass is 15.1. The smallest absolute Gasteiger partial charge is 0.109 e. The van der Waals surface area contributed by atoms with E-state index in [9.17, 15) is 0 Å². The Morgan fingerprint density at radius 2 is 2.05 bits per heavy atom. The Balaban J connectivity index is 2.05. The molecule has 1 atom stereocenters. The van der Waals surface area contributed by atoms with E-state index in [1.54, 1.807) is 0 Å². The summed E-state index contributed by atoms with van der Waals surface area (Å²) in [6.07, 6.45) is 5.96. The fourth-order valence-corrected chi connectivity index (χ4v) is 2.65. The van der Waals surface area contributed by atoms with Crippen LogP contribution in [0.15, 0.2) is 24.3 Å². The van der Waals surface area contributed by atoms with Gasteiger partial charge in [0.2, 0.25) is 0 Å². The highest BCUT2D eigenvalue weighted by Gasteiger charge is 2.09. The molecule has 0 amide bonds. The van der Waals surface area contributed by atoms with Crippen molar-refractivity contribution in [2.75, 3.05) is 7.05 Å². The van der Waals surface area contributed by atoms with Gasteiger partial charge in [0.15, 0.2) is 0 Å². The van der Waals surface area contributed by atoms with E-state index >= 15 is 0 Å². The molecule has 1 aromatic carbocycles. The number of nitrogens with zero attached hydrogens (tertiary/aromatic N) is 2. The number of nitrogens with one attached hydrogen (secondary N) is 1. The van der Waals surface area contributed by atoms with Gasteiger partial charge in [0.1, 0.15) is 5.82 Å². The molecular weight excluding hydrogens is 246 g/mol. The summed E-state index contributed by atoms with van der Waals surface area (Å²) in [5.74, 6) is 1.25. The Bertz CT molecular complexity index is 530. The van der Waals surface area contributed by atoms with Gasteiger partial charge >= 0.3 is 0 Å². The number of fused-ring (bicyclic) bond motifs is 1. The summed E-state index contributed by atoms with van der Waals surface area (Å²) in [6, 6.07) is 9.11. The minimum absolute atomic E-state index is 0.615. The van der Waals surface area contributed by atoms with E-state index in [0.29, 0.717) is 6.04 Å². The first-order chi connectivity index (χ1) is 9.76. The quantitative estimate of drug-likeness (QED) is 0.742. The van der Waals surface area contributed by atoms with E-state index in [1.165, 1.54) is 30.6 Å². The van der Waals surface area contributed by atoms with E-state index < -0.39 is 0 Å². The summed E-state index contributed by atoms with van der Waals surface area (Å²) >= 11 is 0. The molecule has 1 aromatic heterocycles. The van der Waals surface area contributed by atoms with Crippen LogP contribution in [0.2, 0.25) is 0 Å². The van der Waals surface area contributed by atoms with E-state index in [4.69, 9.17) is 4.98 Å². The zero-order chi connectivity index (χ0) is 14.4. The molecule has 20 heavy (non-hydrogen) atoms. The zero-order valence-corrected chi connectivity index (χ0v) is 13.0. The molecule has 0 spiro atoms. The van der Waals surface area contributed by atoms with Crippen LogP contribution in [0.4, 0.5) is 0 Å². The molecule has 110 valence electrons. The minimum Gasteiger partial charge on any atom is -0.328 e. The first-order valence-electron chi connectivity index (χ1n) is 7.87. The minimum atomic E-state index is 0.615. The molecule has 0 aliphatic rings. The molecule has 1 N–H and O–H groups in total. The maximum atomic E-state index is 4.78. The molecule has 0 aliphatic heterocycles. The van der Waals surface area contributed by atoms with Crippen molar-refractivity contribution in [3.05, 3.63) is 30.1 Å². The Kier molecular flexibility index (Phi) is 5.60. The second kappa shape index (κ2) is 7.44. The lowest BCUT2D eigenvalue weighted by molar-refractivity contribution is 0.503. The van der Waals surface area contributed by atoms with Gasteiger partial charge in [0.25, 0.3) is 0 Å². The molecule has 3 nitrogen and oxygen atoms in total. The molecule has 1 unspecified atom stereocenters. The molecule has 3 heteroatoms. The standard InChI is InChI=1S/C17H27N3/c1-4-9-17-19-15-11-5-6-12-16(15)20(17)13-8-7-10-14(2)18-3/h5-6,11-12,14,18H,4,7-10,13H2,1-3H3. The van der Waals surface area contributed by atoms with Crippen molar-refractivity contribution in [2.24, 2.45) is 0 Å². The largest absolute Gasteiger partial charge is 0.328 e. The van der Waals surface area contributed by atoms with E-state index in [1.807, 2.05) is 7.05 Å². The SMILES string of the molecule is CCCc1nc2ccccc2n1CCCCC(C)NC. The van der Waals surface area contributed by atoms with Gasteiger partial charge in [-0.25, -0.2) is 4.98 Å². The second-order valence-corrected chi connectivity index (χ2v) is 5.60. The molecule has 0 saturated heterocycles. The van der Waals surface area contributed by atoms with Gasteiger partial charge < -0.3 is 9.88 Å². The highest BCUT2D eigenvalue weighted by molar-refractivity contribution is 5.75. The van der Waals surface area contributed by atoms with Gasteiger partial charge in [0, 0.05) is 19.0 Å². The Hall–Kier alpha value is -1.35. The molecule has 0 aliphatic carbocycles. The van der Waals surface area contributed by atoms with Crippen molar-refractivity contribution in [3.8, 4) is 0 Å². The summed E-state index contributed by atoms with van der Waals surface area (Å²) < 4.78 is 2.42. The van der Waals surface area contributed by atoms with Crippen LogP contribution in [0.1, 0.15) is 45.4 Å².